The number of nitrogens with zero attached hydrogens (tertiary/aromatic N) is 1. The Labute approximate surface area is 133 Å². The van der Waals surface area contributed by atoms with E-state index in [0.717, 1.165) is 30.2 Å². The maximum Gasteiger partial charge on any atom is 0.410 e. The van der Waals surface area contributed by atoms with Gasteiger partial charge in [-0.3, -0.25) is 0 Å². The Kier molecular flexibility index (Phi) is 3.20. The van der Waals surface area contributed by atoms with E-state index in [4.69, 9.17) is 4.74 Å². The number of hydrogen-bond donors (Lipinski definition) is 0. The number of ether oxygens (including phenoxy) is 1. The molecule has 6 aliphatic rings. The zero-order valence-electron chi connectivity index (χ0n) is 13.6. The van der Waals surface area contributed by atoms with Crippen molar-refractivity contribution in [1.29, 1.82) is 0 Å². The standard InChI is InChI=1S/C19H29NO2/c21-19-20(11-17(22-19)14-4-2-1-3-5-14)18-15-7-12-6-13(9-15)10-16(18)8-12/h12-18H,1-11H2/t12?,13?,15?,16?,17-,18?/m0/s1. The van der Waals surface area contributed by atoms with Crippen LogP contribution in [0, 0.1) is 29.6 Å². The molecule has 4 bridgehead atoms. The molecule has 1 atom stereocenters. The Hall–Kier alpha value is -0.730. The predicted molar refractivity (Wildman–Crippen MR) is 84.4 cm³/mol. The monoisotopic (exact) mass is 303 g/mol. The van der Waals surface area contributed by atoms with E-state index in [-0.39, 0.29) is 12.2 Å². The van der Waals surface area contributed by atoms with Crippen LogP contribution < -0.4 is 0 Å². The highest BCUT2D eigenvalue weighted by Gasteiger charge is 2.53. The normalized spacial score (nSPS) is 48.0. The molecule has 122 valence electrons. The molecule has 0 N–H and O–H groups in total. The summed E-state index contributed by atoms with van der Waals surface area (Å²) < 4.78 is 5.86. The van der Waals surface area contributed by atoms with Gasteiger partial charge in [0.05, 0.1) is 6.54 Å². The van der Waals surface area contributed by atoms with Gasteiger partial charge in [-0.15, -0.1) is 0 Å². The minimum Gasteiger partial charge on any atom is -0.444 e. The lowest BCUT2D eigenvalue weighted by molar-refractivity contribution is -0.0482. The topological polar surface area (TPSA) is 29.5 Å². The Morgan fingerprint density at radius 3 is 2.09 bits per heavy atom. The highest BCUT2D eigenvalue weighted by atomic mass is 16.6. The summed E-state index contributed by atoms with van der Waals surface area (Å²) in [6, 6.07) is 0.522. The summed E-state index contributed by atoms with van der Waals surface area (Å²) in [6.07, 6.45) is 13.8. The zero-order valence-corrected chi connectivity index (χ0v) is 13.6. The van der Waals surface area contributed by atoms with Crippen LogP contribution in [-0.2, 0) is 4.74 Å². The summed E-state index contributed by atoms with van der Waals surface area (Å²) in [5.41, 5.74) is 0. The van der Waals surface area contributed by atoms with Gasteiger partial charge >= 0.3 is 6.09 Å². The maximum absolute atomic E-state index is 12.6. The van der Waals surface area contributed by atoms with Gasteiger partial charge in [-0.05, 0) is 74.5 Å². The SMILES string of the molecule is O=C1O[C@H](C2CCCCC2)CN1C1C2CC3CC(C2)CC1C3. The van der Waals surface area contributed by atoms with Crippen molar-refractivity contribution in [2.45, 2.75) is 76.4 Å². The second-order valence-corrected chi connectivity index (χ2v) is 8.89. The van der Waals surface area contributed by atoms with Crippen LogP contribution in [0.5, 0.6) is 0 Å². The quantitative estimate of drug-likeness (QED) is 0.764. The predicted octanol–water partition coefficient (Wildman–Crippen LogP) is 4.21. The fraction of sp³-hybridized carbons (Fsp3) is 0.947. The van der Waals surface area contributed by atoms with Crippen molar-refractivity contribution in [2.75, 3.05) is 6.54 Å². The van der Waals surface area contributed by atoms with E-state index in [9.17, 15) is 4.79 Å². The summed E-state index contributed by atoms with van der Waals surface area (Å²) in [7, 11) is 0. The van der Waals surface area contributed by atoms with Crippen molar-refractivity contribution >= 4 is 6.09 Å². The number of cyclic esters (lactones) is 1. The number of rotatable bonds is 2. The largest absolute Gasteiger partial charge is 0.444 e. The molecule has 5 saturated carbocycles. The molecule has 0 spiro atoms. The van der Waals surface area contributed by atoms with Crippen molar-refractivity contribution in [1.82, 2.24) is 4.90 Å². The molecule has 0 aromatic carbocycles. The van der Waals surface area contributed by atoms with Crippen molar-refractivity contribution in [3.63, 3.8) is 0 Å². The molecule has 6 fully saturated rings. The van der Waals surface area contributed by atoms with Gasteiger partial charge in [0.15, 0.2) is 0 Å². The van der Waals surface area contributed by atoms with Gasteiger partial charge in [0.25, 0.3) is 0 Å². The van der Waals surface area contributed by atoms with Crippen LogP contribution in [0.4, 0.5) is 4.79 Å². The molecule has 1 aliphatic heterocycles. The van der Waals surface area contributed by atoms with Crippen molar-refractivity contribution in [3.05, 3.63) is 0 Å². The Balaban J connectivity index is 1.32. The van der Waals surface area contributed by atoms with E-state index in [1.807, 2.05) is 0 Å². The highest BCUT2D eigenvalue weighted by molar-refractivity contribution is 5.70. The van der Waals surface area contributed by atoms with Gasteiger partial charge in [-0.2, -0.15) is 0 Å². The van der Waals surface area contributed by atoms with Crippen LogP contribution in [0.15, 0.2) is 0 Å². The Bertz CT molecular complexity index is 428. The summed E-state index contributed by atoms with van der Waals surface area (Å²) in [5, 5.41) is 0. The molecular formula is C19H29NO2. The highest BCUT2D eigenvalue weighted by Crippen LogP contribution is 2.55. The lowest BCUT2D eigenvalue weighted by atomic mass is 9.54. The molecule has 6 rings (SSSR count). The van der Waals surface area contributed by atoms with Crippen LogP contribution in [-0.4, -0.2) is 29.7 Å². The van der Waals surface area contributed by atoms with Crippen LogP contribution in [0.2, 0.25) is 0 Å². The lowest BCUT2D eigenvalue weighted by Crippen LogP contribution is -2.56. The molecule has 0 aromatic heterocycles. The van der Waals surface area contributed by atoms with E-state index in [1.54, 1.807) is 0 Å². The number of amides is 1. The minimum atomic E-state index is 0.0213. The average Bonchev–Trinajstić information content (AvgIpc) is 2.89. The van der Waals surface area contributed by atoms with Gasteiger partial charge < -0.3 is 9.64 Å². The van der Waals surface area contributed by atoms with Crippen LogP contribution >= 0.6 is 0 Å². The smallest absolute Gasteiger partial charge is 0.410 e. The second kappa shape index (κ2) is 5.14. The van der Waals surface area contributed by atoms with Crippen LogP contribution in [0.25, 0.3) is 0 Å². The Morgan fingerprint density at radius 1 is 0.818 bits per heavy atom. The second-order valence-electron chi connectivity index (χ2n) is 8.89. The fourth-order valence-corrected chi connectivity index (χ4v) is 6.90. The molecule has 0 radical (unpaired) electrons. The van der Waals surface area contributed by atoms with Crippen molar-refractivity contribution < 1.29 is 9.53 Å². The summed E-state index contributed by atoms with van der Waals surface area (Å²) in [6.45, 7) is 0.899. The maximum atomic E-state index is 12.6. The molecule has 0 unspecified atom stereocenters. The van der Waals surface area contributed by atoms with Crippen molar-refractivity contribution in [2.24, 2.45) is 29.6 Å². The Morgan fingerprint density at radius 2 is 1.45 bits per heavy atom. The molecule has 5 aliphatic carbocycles. The third kappa shape index (κ3) is 2.11. The van der Waals surface area contributed by atoms with Gasteiger partial charge in [0.1, 0.15) is 6.10 Å². The van der Waals surface area contributed by atoms with Crippen LogP contribution in [0.3, 0.4) is 0 Å². The summed E-state index contributed by atoms with van der Waals surface area (Å²) in [5.74, 6) is 4.17. The first-order valence-corrected chi connectivity index (χ1v) is 9.75. The molecular weight excluding hydrogens is 274 g/mol. The third-order valence-corrected chi connectivity index (χ3v) is 7.58. The first-order chi connectivity index (χ1) is 10.8. The van der Waals surface area contributed by atoms with E-state index in [0.29, 0.717) is 12.0 Å². The molecule has 22 heavy (non-hydrogen) atoms. The fourth-order valence-electron chi connectivity index (χ4n) is 6.90. The first kappa shape index (κ1) is 13.7. The molecule has 3 nitrogen and oxygen atoms in total. The van der Waals surface area contributed by atoms with E-state index < -0.39 is 0 Å². The lowest BCUT2D eigenvalue weighted by Gasteiger charge is -2.56. The number of hydrogen-bond acceptors (Lipinski definition) is 2. The zero-order chi connectivity index (χ0) is 14.7. The number of carbonyl (C=O) groups is 1. The molecule has 3 heteroatoms. The summed E-state index contributed by atoms with van der Waals surface area (Å²) >= 11 is 0. The van der Waals surface area contributed by atoms with E-state index in [1.165, 1.54) is 64.2 Å². The third-order valence-electron chi connectivity index (χ3n) is 7.58. The van der Waals surface area contributed by atoms with Gasteiger partial charge in [-0.1, -0.05) is 19.3 Å². The number of carbonyl (C=O) groups excluding carboxylic acids is 1. The van der Waals surface area contributed by atoms with Gasteiger partial charge in [0, 0.05) is 6.04 Å². The van der Waals surface area contributed by atoms with E-state index >= 15 is 0 Å². The van der Waals surface area contributed by atoms with E-state index in [2.05, 4.69) is 4.90 Å². The molecule has 0 aromatic rings. The first-order valence-electron chi connectivity index (χ1n) is 9.75. The van der Waals surface area contributed by atoms with Crippen molar-refractivity contribution in [3.8, 4) is 0 Å². The van der Waals surface area contributed by atoms with Gasteiger partial charge in [0.2, 0.25) is 0 Å². The molecule has 1 amide bonds. The molecule has 1 heterocycles. The van der Waals surface area contributed by atoms with Gasteiger partial charge in [-0.25, -0.2) is 4.79 Å². The average molecular weight is 303 g/mol. The van der Waals surface area contributed by atoms with Crippen LogP contribution in [0.1, 0.15) is 64.2 Å². The summed E-state index contributed by atoms with van der Waals surface area (Å²) in [4.78, 5) is 14.7. The molecule has 1 saturated heterocycles. The minimum absolute atomic E-state index is 0.0213.